The zero-order valence-corrected chi connectivity index (χ0v) is 11.3. The SMILES string of the molecule is CC(C)CC(=O)C1(c2ccccc2)CCOCC1. The predicted octanol–water partition coefficient (Wildman–Crippen LogP) is 3.35. The molecule has 2 nitrogen and oxygen atoms in total. The second-order valence-electron chi connectivity index (χ2n) is 5.58. The van der Waals surface area contributed by atoms with E-state index in [1.807, 2.05) is 18.2 Å². The number of carbonyl (C=O) groups is 1. The summed E-state index contributed by atoms with van der Waals surface area (Å²) in [6.07, 6.45) is 2.31. The van der Waals surface area contributed by atoms with E-state index in [0.29, 0.717) is 31.3 Å². The molecule has 0 atom stereocenters. The van der Waals surface area contributed by atoms with Gasteiger partial charge in [-0.1, -0.05) is 44.2 Å². The lowest BCUT2D eigenvalue weighted by Crippen LogP contribution is -2.41. The second-order valence-corrected chi connectivity index (χ2v) is 5.58. The molecular formula is C16H22O2. The molecule has 1 saturated heterocycles. The standard InChI is InChI=1S/C16H22O2/c1-13(2)12-15(17)16(8-10-18-11-9-16)14-6-4-3-5-7-14/h3-7,13H,8-12H2,1-2H3. The third-order valence-corrected chi connectivity index (χ3v) is 3.80. The van der Waals surface area contributed by atoms with Gasteiger partial charge in [0.25, 0.3) is 0 Å². The summed E-state index contributed by atoms with van der Waals surface area (Å²) >= 11 is 0. The minimum Gasteiger partial charge on any atom is -0.381 e. The van der Waals surface area contributed by atoms with Crippen molar-refractivity contribution in [3.8, 4) is 0 Å². The van der Waals surface area contributed by atoms with Crippen LogP contribution in [-0.4, -0.2) is 19.0 Å². The second kappa shape index (κ2) is 5.66. The molecule has 2 heteroatoms. The molecule has 0 N–H and O–H groups in total. The van der Waals surface area contributed by atoms with Crippen LogP contribution < -0.4 is 0 Å². The van der Waals surface area contributed by atoms with Crippen LogP contribution in [0.5, 0.6) is 0 Å². The number of hydrogen-bond donors (Lipinski definition) is 0. The Bertz CT molecular complexity index is 389. The van der Waals surface area contributed by atoms with Crippen LogP contribution in [0.4, 0.5) is 0 Å². The predicted molar refractivity (Wildman–Crippen MR) is 72.6 cm³/mol. The van der Waals surface area contributed by atoms with E-state index in [4.69, 9.17) is 4.74 Å². The largest absolute Gasteiger partial charge is 0.381 e. The third-order valence-electron chi connectivity index (χ3n) is 3.80. The Morgan fingerprint density at radius 3 is 2.39 bits per heavy atom. The summed E-state index contributed by atoms with van der Waals surface area (Å²) in [7, 11) is 0. The van der Waals surface area contributed by atoms with Crippen molar-refractivity contribution in [2.24, 2.45) is 5.92 Å². The summed E-state index contributed by atoms with van der Waals surface area (Å²) < 4.78 is 5.45. The van der Waals surface area contributed by atoms with Crippen LogP contribution in [0.2, 0.25) is 0 Å². The molecular weight excluding hydrogens is 224 g/mol. The van der Waals surface area contributed by atoms with Crippen LogP contribution in [0.15, 0.2) is 30.3 Å². The van der Waals surface area contributed by atoms with E-state index >= 15 is 0 Å². The smallest absolute Gasteiger partial charge is 0.143 e. The molecule has 0 saturated carbocycles. The maximum atomic E-state index is 12.7. The minimum atomic E-state index is -0.302. The molecule has 0 aliphatic carbocycles. The highest BCUT2D eigenvalue weighted by Gasteiger charge is 2.40. The van der Waals surface area contributed by atoms with Crippen LogP contribution in [-0.2, 0) is 14.9 Å². The number of ketones is 1. The maximum Gasteiger partial charge on any atom is 0.143 e. The minimum absolute atomic E-state index is 0.302. The quantitative estimate of drug-likeness (QED) is 0.814. The van der Waals surface area contributed by atoms with Gasteiger partial charge in [-0.3, -0.25) is 4.79 Å². The van der Waals surface area contributed by atoms with Gasteiger partial charge >= 0.3 is 0 Å². The van der Waals surface area contributed by atoms with E-state index in [0.717, 1.165) is 12.8 Å². The molecule has 0 unspecified atom stereocenters. The molecule has 2 rings (SSSR count). The van der Waals surface area contributed by atoms with Gasteiger partial charge in [0.05, 0.1) is 5.41 Å². The zero-order chi connectivity index (χ0) is 13.0. The number of hydrogen-bond acceptors (Lipinski definition) is 2. The van der Waals surface area contributed by atoms with E-state index in [2.05, 4.69) is 26.0 Å². The third kappa shape index (κ3) is 2.64. The van der Waals surface area contributed by atoms with Crippen molar-refractivity contribution in [3.63, 3.8) is 0 Å². The van der Waals surface area contributed by atoms with E-state index < -0.39 is 0 Å². The lowest BCUT2D eigenvalue weighted by Gasteiger charge is -2.36. The van der Waals surface area contributed by atoms with Crippen molar-refractivity contribution in [1.29, 1.82) is 0 Å². The molecule has 1 aromatic rings. The molecule has 18 heavy (non-hydrogen) atoms. The average molecular weight is 246 g/mol. The summed E-state index contributed by atoms with van der Waals surface area (Å²) in [5.74, 6) is 0.799. The van der Waals surface area contributed by atoms with Crippen LogP contribution in [0, 0.1) is 5.92 Å². The number of ether oxygens (including phenoxy) is 1. The highest BCUT2D eigenvalue weighted by molar-refractivity contribution is 5.90. The zero-order valence-electron chi connectivity index (χ0n) is 11.3. The number of carbonyl (C=O) groups excluding carboxylic acids is 1. The van der Waals surface area contributed by atoms with Gasteiger partial charge in [0, 0.05) is 19.6 Å². The molecule has 1 aliphatic rings. The van der Waals surface area contributed by atoms with Crippen LogP contribution in [0.3, 0.4) is 0 Å². The van der Waals surface area contributed by atoms with Crippen molar-refractivity contribution in [1.82, 2.24) is 0 Å². The Balaban J connectivity index is 2.31. The molecule has 0 radical (unpaired) electrons. The van der Waals surface area contributed by atoms with Gasteiger partial charge in [0.15, 0.2) is 0 Å². The maximum absolute atomic E-state index is 12.7. The monoisotopic (exact) mass is 246 g/mol. The van der Waals surface area contributed by atoms with Gasteiger partial charge < -0.3 is 4.74 Å². The highest BCUT2D eigenvalue weighted by atomic mass is 16.5. The molecule has 0 amide bonds. The molecule has 1 aromatic carbocycles. The van der Waals surface area contributed by atoms with E-state index in [1.165, 1.54) is 5.56 Å². The topological polar surface area (TPSA) is 26.3 Å². The summed E-state index contributed by atoms with van der Waals surface area (Å²) in [5, 5.41) is 0. The lowest BCUT2D eigenvalue weighted by molar-refractivity contribution is -0.129. The van der Waals surface area contributed by atoms with Crippen LogP contribution in [0.1, 0.15) is 38.7 Å². The normalized spacial score (nSPS) is 18.8. The van der Waals surface area contributed by atoms with Crippen molar-refractivity contribution < 1.29 is 9.53 Å². The first-order valence-electron chi connectivity index (χ1n) is 6.82. The van der Waals surface area contributed by atoms with Gasteiger partial charge in [0.2, 0.25) is 0 Å². The molecule has 0 bridgehead atoms. The van der Waals surface area contributed by atoms with E-state index in [-0.39, 0.29) is 5.41 Å². The molecule has 1 aliphatic heterocycles. The first kappa shape index (κ1) is 13.3. The van der Waals surface area contributed by atoms with Gasteiger partial charge in [-0.2, -0.15) is 0 Å². The first-order chi connectivity index (χ1) is 8.65. The number of rotatable bonds is 4. The van der Waals surface area contributed by atoms with Crippen LogP contribution in [0.25, 0.3) is 0 Å². The highest BCUT2D eigenvalue weighted by Crippen LogP contribution is 2.37. The van der Waals surface area contributed by atoms with Gasteiger partial charge in [-0.15, -0.1) is 0 Å². The first-order valence-corrected chi connectivity index (χ1v) is 6.82. The van der Waals surface area contributed by atoms with E-state index in [9.17, 15) is 4.79 Å². The average Bonchev–Trinajstić information content (AvgIpc) is 2.40. The Labute approximate surface area is 109 Å². The lowest BCUT2D eigenvalue weighted by atomic mass is 9.69. The number of benzene rings is 1. The fourth-order valence-electron chi connectivity index (χ4n) is 2.77. The summed E-state index contributed by atoms with van der Waals surface area (Å²) in [5.41, 5.74) is 0.864. The molecule has 98 valence electrons. The van der Waals surface area contributed by atoms with Crippen molar-refractivity contribution >= 4 is 5.78 Å². The Morgan fingerprint density at radius 1 is 1.22 bits per heavy atom. The van der Waals surface area contributed by atoms with Crippen molar-refractivity contribution in [2.75, 3.05) is 13.2 Å². The van der Waals surface area contributed by atoms with Crippen molar-refractivity contribution in [2.45, 2.75) is 38.5 Å². The Kier molecular flexibility index (Phi) is 4.18. The van der Waals surface area contributed by atoms with Gasteiger partial charge in [-0.25, -0.2) is 0 Å². The Hall–Kier alpha value is -1.15. The van der Waals surface area contributed by atoms with Gasteiger partial charge in [-0.05, 0) is 24.3 Å². The Morgan fingerprint density at radius 2 is 1.83 bits per heavy atom. The fourth-order valence-corrected chi connectivity index (χ4v) is 2.77. The van der Waals surface area contributed by atoms with Crippen molar-refractivity contribution in [3.05, 3.63) is 35.9 Å². The van der Waals surface area contributed by atoms with Gasteiger partial charge in [0.1, 0.15) is 5.78 Å². The van der Waals surface area contributed by atoms with Crippen LogP contribution >= 0.6 is 0 Å². The molecule has 0 aromatic heterocycles. The molecule has 0 spiro atoms. The summed E-state index contributed by atoms with van der Waals surface area (Å²) in [6, 6.07) is 10.2. The molecule has 1 heterocycles. The van der Waals surface area contributed by atoms with E-state index in [1.54, 1.807) is 0 Å². The fraction of sp³-hybridized carbons (Fsp3) is 0.562. The number of Topliss-reactive ketones (excluding diaryl/α,β-unsaturated/α-hetero) is 1. The summed E-state index contributed by atoms with van der Waals surface area (Å²) in [6.45, 7) is 5.60. The molecule has 1 fully saturated rings. The summed E-state index contributed by atoms with van der Waals surface area (Å²) in [4.78, 5) is 12.7.